The second-order valence-electron chi connectivity index (χ2n) is 7.58. The summed E-state index contributed by atoms with van der Waals surface area (Å²) < 4.78 is 70.1. The van der Waals surface area contributed by atoms with E-state index in [4.69, 9.17) is 9.90 Å². The van der Waals surface area contributed by atoms with Gasteiger partial charge in [0, 0.05) is 37.9 Å². The monoisotopic (exact) mass is 426 g/mol. The minimum absolute atomic E-state index is 0.153. The molecule has 2 aliphatic heterocycles. The summed E-state index contributed by atoms with van der Waals surface area (Å²) in [7, 11) is 0. The van der Waals surface area contributed by atoms with Crippen LogP contribution in [0.1, 0.15) is 31.4 Å². The third-order valence-electron chi connectivity index (χ3n) is 5.48. The average Bonchev–Trinajstić information content (AvgIpc) is 3.32. The number of rotatable bonds is 3. The van der Waals surface area contributed by atoms with Crippen molar-refractivity contribution in [2.24, 2.45) is 5.92 Å². The molecule has 162 valence electrons. The molecule has 0 aromatic carbocycles. The van der Waals surface area contributed by atoms with Crippen molar-refractivity contribution in [2.75, 3.05) is 31.1 Å². The van der Waals surface area contributed by atoms with Crippen molar-refractivity contribution < 1.29 is 36.2 Å². The summed E-state index contributed by atoms with van der Waals surface area (Å²) in [6.45, 7) is 3.76. The smallest absolute Gasteiger partial charge is 0.475 e. The summed E-state index contributed by atoms with van der Waals surface area (Å²) in [5.41, 5.74) is -0.706. The summed E-state index contributed by atoms with van der Waals surface area (Å²) in [6, 6.07) is 0.929. The zero-order valence-electron chi connectivity index (χ0n) is 15.3. The number of anilines is 1. The number of halogens is 6. The number of hydrogen-bond donors (Lipinski definition) is 1. The topological polar surface area (TPSA) is 69.6 Å². The molecule has 0 bridgehead atoms. The number of carboxylic acid groups (broad SMARTS) is 1. The first kappa shape index (κ1) is 21.6. The molecule has 1 aliphatic carbocycles. The van der Waals surface area contributed by atoms with Crippen LogP contribution in [0.3, 0.4) is 0 Å². The van der Waals surface area contributed by atoms with Gasteiger partial charge in [-0.05, 0) is 37.7 Å². The molecule has 6 nitrogen and oxygen atoms in total. The summed E-state index contributed by atoms with van der Waals surface area (Å²) in [5, 5.41) is 7.12. The van der Waals surface area contributed by atoms with Crippen LogP contribution < -0.4 is 4.90 Å². The molecule has 2 saturated heterocycles. The van der Waals surface area contributed by atoms with Crippen molar-refractivity contribution in [3.05, 3.63) is 18.0 Å². The number of carboxylic acids is 1. The molecule has 3 heterocycles. The van der Waals surface area contributed by atoms with Crippen LogP contribution in [0, 0.1) is 5.92 Å². The van der Waals surface area contributed by atoms with Gasteiger partial charge in [-0.1, -0.05) is 0 Å². The average molecular weight is 426 g/mol. The van der Waals surface area contributed by atoms with Gasteiger partial charge in [0.05, 0.1) is 0 Å². The minimum Gasteiger partial charge on any atom is -0.475 e. The lowest BCUT2D eigenvalue weighted by atomic mass is 9.83. The van der Waals surface area contributed by atoms with Crippen molar-refractivity contribution >= 4 is 11.9 Å². The van der Waals surface area contributed by atoms with Gasteiger partial charge in [0.15, 0.2) is 0 Å². The van der Waals surface area contributed by atoms with Crippen molar-refractivity contribution in [3.8, 4) is 0 Å². The van der Waals surface area contributed by atoms with Crippen LogP contribution in [0.2, 0.25) is 0 Å². The van der Waals surface area contributed by atoms with Crippen LogP contribution in [0.4, 0.5) is 32.3 Å². The maximum absolute atomic E-state index is 12.8. The Bertz CT molecular complexity index is 752. The van der Waals surface area contributed by atoms with Crippen molar-refractivity contribution in [1.82, 2.24) is 14.9 Å². The fraction of sp³-hybridized carbons (Fsp3) is 0.706. The highest BCUT2D eigenvalue weighted by molar-refractivity contribution is 5.73. The summed E-state index contributed by atoms with van der Waals surface area (Å²) in [4.78, 5) is 21.1. The van der Waals surface area contributed by atoms with Gasteiger partial charge in [-0.25, -0.2) is 14.8 Å². The van der Waals surface area contributed by atoms with E-state index in [-0.39, 0.29) is 11.5 Å². The zero-order chi connectivity index (χ0) is 21.4. The highest BCUT2D eigenvalue weighted by atomic mass is 19.4. The lowest BCUT2D eigenvalue weighted by Crippen LogP contribution is -2.61. The molecule has 1 atom stereocenters. The highest BCUT2D eigenvalue weighted by Crippen LogP contribution is 2.43. The Kier molecular flexibility index (Phi) is 5.67. The Balaban J connectivity index is 0.000000298. The van der Waals surface area contributed by atoms with Crippen LogP contribution >= 0.6 is 0 Å². The third kappa shape index (κ3) is 5.09. The van der Waals surface area contributed by atoms with Crippen LogP contribution in [0.25, 0.3) is 0 Å². The fourth-order valence-electron chi connectivity index (χ4n) is 3.63. The third-order valence-corrected chi connectivity index (χ3v) is 5.48. The van der Waals surface area contributed by atoms with Gasteiger partial charge in [-0.2, -0.15) is 26.3 Å². The summed E-state index contributed by atoms with van der Waals surface area (Å²) in [6.07, 6.45) is -3.50. The molecule has 1 aromatic heterocycles. The molecule has 1 saturated carbocycles. The Hall–Kier alpha value is -2.11. The van der Waals surface area contributed by atoms with Gasteiger partial charge in [0.1, 0.15) is 5.69 Å². The molecule has 29 heavy (non-hydrogen) atoms. The van der Waals surface area contributed by atoms with Crippen LogP contribution in [-0.4, -0.2) is 63.8 Å². The van der Waals surface area contributed by atoms with Crippen LogP contribution in [0.5, 0.6) is 0 Å². The molecule has 0 radical (unpaired) electrons. The molecule has 3 fully saturated rings. The lowest BCUT2D eigenvalue weighted by molar-refractivity contribution is -0.192. The molecule has 12 heteroatoms. The van der Waals surface area contributed by atoms with E-state index in [2.05, 4.69) is 14.9 Å². The van der Waals surface area contributed by atoms with E-state index in [1.54, 1.807) is 0 Å². The second-order valence-corrected chi connectivity index (χ2v) is 7.58. The standard InChI is InChI=1S/C15H19F3N4.C2HF3O2/c16-15(17,18)12-3-6-19-13(20-12)21-7-4-14(10-21)5-8-22(14)9-11-1-2-11;3-2(4,5)1(6)7/h3,6,11H,1-2,4-5,7-10H2;(H,6,7). The number of aliphatic carboxylic acids is 1. The Morgan fingerprint density at radius 3 is 2.28 bits per heavy atom. The lowest BCUT2D eigenvalue weighted by Gasteiger charge is -2.51. The molecule has 1 N–H and O–H groups in total. The second kappa shape index (κ2) is 7.62. The summed E-state index contributed by atoms with van der Waals surface area (Å²) in [5.74, 6) is -1.70. The molecule has 0 amide bonds. The van der Waals surface area contributed by atoms with Gasteiger partial charge >= 0.3 is 18.3 Å². The molecular weight excluding hydrogens is 406 g/mol. The van der Waals surface area contributed by atoms with Gasteiger partial charge in [0.25, 0.3) is 0 Å². The van der Waals surface area contributed by atoms with Crippen molar-refractivity contribution in [3.63, 3.8) is 0 Å². The van der Waals surface area contributed by atoms with E-state index in [1.165, 1.54) is 19.0 Å². The molecule has 4 rings (SSSR count). The first-order chi connectivity index (χ1) is 13.4. The van der Waals surface area contributed by atoms with E-state index in [1.807, 2.05) is 4.90 Å². The SMILES string of the molecule is FC(F)(F)c1ccnc(N2CCC3(CCN3CC3CC3)C2)n1.O=C(O)C(F)(F)F. The van der Waals surface area contributed by atoms with E-state index in [9.17, 15) is 26.3 Å². The predicted molar refractivity (Wildman–Crippen MR) is 89.2 cm³/mol. The molecule has 1 spiro atoms. The maximum Gasteiger partial charge on any atom is 0.490 e. The van der Waals surface area contributed by atoms with Gasteiger partial charge in [-0.3, -0.25) is 4.90 Å². The Morgan fingerprint density at radius 2 is 1.79 bits per heavy atom. The van der Waals surface area contributed by atoms with E-state index in [0.717, 1.165) is 51.0 Å². The normalized spacial score (nSPS) is 24.8. The number of alkyl halides is 6. The van der Waals surface area contributed by atoms with E-state index >= 15 is 0 Å². The van der Waals surface area contributed by atoms with Crippen molar-refractivity contribution in [2.45, 2.75) is 43.6 Å². The molecule has 1 aromatic rings. The Labute approximate surface area is 162 Å². The van der Waals surface area contributed by atoms with Gasteiger partial charge < -0.3 is 10.0 Å². The molecular formula is C17H20F6N4O2. The zero-order valence-corrected chi connectivity index (χ0v) is 15.3. The van der Waals surface area contributed by atoms with E-state index in [0.29, 0.717) is 0 Å². The van der Waals surface area contributed by atoms with Crippen LogP contribution in [-0.2, 0) is 11.0 Å². The molecule has 1 unspecified atom stereocenters. The number of carbonyl (C=O) groups is 1. The number of nitrogens with zero attached hydrogens (tertiary/aromatic N) is 4. The van der Waals surface area contributed by atoms with Gasteiger partial charge in [-0.15, -0.1) is 0 Å². The van der Waals surface area contributed by atoms with E-state index < -0.39 is 24.0 Å². The predicted octanol–water partition coefficient (Wildman–Crippen LogP) is 3.19. The number of likely N-dealkylation sites (tertiary alicyclic amines) is 1. The Morgan fingerprint density at radius 1 is 1.17 bits per heavy atom. The van der Waals surface area contributed by atoms with Crippen LogP contribution in [0.15, 0.2) is 12.3 Å². The van der Waals surface area contributed by atoms with Crippen molar-refractivity contribution in [1.29, 1.82) is 0 Å². The number of hydrogen-bond acceptors (Lipinski definition) is 5. The minimum atomic E-state index is -5.08. The first-order valence-electron chi connectivity index (χ1n) is 9.11. The fourth-order valence-corrected chi connectivity index (χ4v) is 3.63. The maximum atomic E-state index is 12.8. The number of aromatic nitrogens is 2. The first-order valence-corrected chi connectivity index (χ1v) is 9.11. The summed E-state index contributed by atoms with van der Waals surface area (Å²) >= 11 is 0. The quantitative estimate of drug-likeness (QED) is 0.749. The highest BCUT2D eigenvalue weighted by Gasteiger charge is 2.50. The van der Waals surface area contributed by atoms with Gasteiger partial charge in [0.2, 0.25) is 5.95 Å². The molecule has 3 aliphatic rings. The largest absolute Gasteiger partial charge is 0.490 e.